The summed E-state index contributed by atoms with van der Waals surface area (Å²) in [5.74, 6) is -3.34. The van der Waals surface area contributed by atoms with E-state index in [9.17, 15) is 13.2 Å². The monoisotopic (exact) mass is 477 g/mol. The van der Waals surface area contributed by atoms with Crippen molar-refractivity contribution < 1.29 is 17.9 Å². The first-order chi connectivity index (χ1) is 12.5. The molecule has 0 amide bonds. The smallest absolute Gasteiger partial charge is 0.196 e. The molecule has 1 fully saturated rings. The van der Waals surface area contributed by atoms with Gasteiger partial charge in [0, 0.05) is 35.9 Å². The molecular formula is C18H19F3IN3O. The standard InChI is InChI=1S/C18H19F3IN3O/c1-12-10-13(22)11-23-18(12)25(5-4-24-6-8-26-9-7-24)15-3-2-14(19)16(20)17(15)21/h2-3,10-11H,4-9H2,1H3. The van der Waals surface area contributed by atoms with E-state index in [1.54, 1.807) is 11.1 Å². The fraction of sp³-hybridized carbons (Fsp3) is 0.389. The van der Waals surface area contributed by atoms with Gasteiger partial charge in [-0.2, -0.15) is 0 Å². The Morgan fingerprint density at radius 2 is 1.92 bits per heavy atom. The highest BCUT2D eigenvalue weighted by atomic mass is 127. The number of nitrogens with zero attached hydrogens (tertiary/aromatic N) is 3. The lowest BCUT2D eigenvalue weighted by molar-refractivity contribution is 0.0394. The van der Waals surface area contributed by atoms with E-state index in [1.807, 2.05) is 13.0 Å². The van der Waals surface area contributed by atoms with Gasteiger partial charge in [-0.1, -0.05) is 0 Å². The molecule has 0 unspecified atom stereocenters. The normalized spacial score (nSPS) is 15.3. The van der Waals surface area contributed by atoms with Gasteiger partial charge in [0.25, 0.3) is 0 Å². The summed E-state index contributed by atoms with van der Waals surface area (Å²) >= 11 is 2.15. The van der Waals surface area contributed by atoms with Crippen LogP contribution in [0.1, 0.15) is 5.56 Å². The number of hydrogen-bond acceptors (Lipinski definition) is 4. The summed E-state index contributed by atoms with van der Waals surface area (Å²) in [5, 5.41) is 0. The van der Waals surface area contributed by atoms with Gasteiger partial charge >= 0.3 is 0 Å². The maximum atomic E-state index is 14.5. The molecule has 0 aliphatic carbocycles. The zero-order chi connectivity index (χ0) is 18.7. The average Bonchev–Trinajstić information content (AvgIpc) is 2.63. The maximum absolute atomic E-state index is 14.5. The molecule has 1 aromatic carbocycles. The van der Waals surface area contributed by atoms with E-state index in [0.717, 1.165) is 28.3 Å². The molecule has 3 rings (SSSR count). The highest BCUT2D eigenvalue weighted by Gasteiger charge is 2.23. The summed E-state index contributed by atoms with van der Waals surface area (Å²) in [6.45, 7) is 5.77. The molecule has 0 bridgehead atoms. The number of hydrogen-bond donors (Lipinski definition) is 0. The highest BCUT2D eigenvalue weighted by molar-refractivity contribution is 14.1. The van der Waals surface area contributed by atoms with Crippen molar-refractivity contribution >= 4 is 34.1 Å². The van der Waals surface area contributed by atoms with Crippen LogP contribution in [-0.4, -0.2) is 49.3 Å². The van der Waals surface area contributed by atoms with Crippen molar-refractivity contribution in [1.29, 1.82) is 0 Å². The van der Waals surface area contributed by atoms with Crippen molar-refractivity contribution in [1.82, 2.24) is 9.88 Å². The number of rotatable bonds is 5. The number of pyridine rings is 1. The third-order valence-electron chi connectivity index (χ3n) is 4.32. The molecule has 4 nitrogen and oxygen atoms in total. The van der Waals surface area contributed by atoms with Crippen LogP contribution in [0.2, 0.25) is 0 Å². The molecule has 2 aromatic rings. The second-order valence-corrected chi connectivity index (χ2v) is 7.34. The van der Waals surface area contributed by atoms with Crippen LogP contribution < -0.4 is 4.90 Å². The van der Waals surface area contributed by atoms with Crippen LogP contribution >= 0.6 is 22.6 Å². The molecule has 0 atom stereocenters. The maximum Gasteiger partial charge on any atom is 0.196 e. The first kappa shape index (κ1) is 19.4. The molecule has 1 aromatic heterocycles. The lowest BCUT2D eigenvalue weighted by Crippen LogP contribution is -2.41. The Hall–Kier alpha value is -1.39. The predicted molar refractivity (Wildman–Crippen MR) is 102 cm³/mol. The van der Waals surface area contributed by atoms with Gasteiger partial charge in [0.1, 0.15) is 5.82 Å². The molecule has 0 N–H and O–H groups in total. The van der Waals surface area contributed by atoms with E-state index >= 15 is 0 Å². The molecule has 1 aliphatic rings. The van der Waals surface area contributed by atoms with Crippen LogP contribution in [0.15, 0.2) is 24.4 Å². The largest absolute Gasteiger partial charge is 0.379 e. The summed E-state index contributed by atoms with van der Waals surface area (Å²) < 4.78 is 47.9. The number of aromatic nitrogens is 1. The molecule has 0 radical (unpaired) electrons. The lowest BCUT2D eigenvalue weighted by Gasteiger charge is -2.31. The van der Waals surface area contributed by atoms with Crippen LogP contribution in [0.4, 0.5) is 24.7 Å². The molecular weight excluding hydrogens is 458 g/mol. The van der Waals surface area contributed by atoms with Crippen LogP contribution in [0, 0.1) is 27.9 Å². The first-order valence-corrected chi connectivity index (χ1v) is 9.38. The summed E-state index contributed by atoms with van der Waals surface area (Å²) in [4.78, 5) is 8.20. The van der Waals surface area contributed by atoms with E-state index in [4.69, 9.17) is 4.74 Å². The molecule has 2 heterocycles. The third-order valence-corrected chi connectivity index (χ3v) is 4.91. The lowest BCUT2D eigenvalue weighted by atomic mass is 10.2. The Balaban J connectivity index is 1.94. The Kier molecular flexibility index (Phi) is 6.36. The van der Waals surface area contributed by atoms with Crippen molar-refractivity contribution in [2.24, 2.45) is 0 Å². The van der Waals surface area contributed by atoms with Gasteiger partial charge in [-0.15, -0.1) is 0 Å². The van der Waals surface area contributed by atoms with Gasteiger partial charge in [-0.25, -0.2) is 18.2 Å². The summed E-state index contributed by atoms with van der Waals surface area (Å²) in [7, 11) is 0. The zero-order valence-electron chi connectivity index (χ0n) is 14.3. The molecule has 8 heteroatoms. The van der Waals surface area contributed by atoms with Gasteiger partial charge < -0.3 is 9.64 Å². The minimum absolute atomic E-state index is 0.0195. The summed E-state index contributed by atoms with van der Waals surface area (Å²) in [5.41, 5.74) is 0.817. The molecule has 1 saturated heterocycles. The number of benzene rings is 1. The van der Waals surface area contributed by atoms with Crippen molar-refractivity contribution in [3.8, 4) is 0 Å². The van der Waals surface area contributed by atoms with Crippen LogP contribution in [0.5, 0.6) is 0 Å². The number of anilines is 2. The zero-order valence-corrected chi connectivity index (χ0v) is 16.5. The Morgan fingerprint density at radius 3 is 2.62 bits per heavy atom. The van der Waals surface area contributed by atoms with Crippen LogP contribution in [0.25, 0.3) is 0 Å². The van der Waals surface area contributed by atoms with Crippen LogP contribution in [-0.2, 0) is 4.74 Å². The highest BCUT2D eigenvalue weighted by Crippen LogP contribution is 2.31. The van der Waals surface area contributed by atoms with Crippen molar-refractivity contribution in [3.63, 3.8) is 0 Å². The fourth-order valence-corrected chi connectivity index (χ4v) is 3.55. The predicted octanol–water partition coefficient (Wildman–Crippen LogP) is 3.88. The molecule has 1 aliphatic heterocycles. The Morgan fingerprint density at radius 1 is 1.19 bits per heavy atom. The Bertz CT molecular complexity index is 785. The number of ether oxygens (including phenoxy) is 1. The number of morpholine rings is 1. The minimum atomic E-state index is -1.47. The van der Waals surface area contributed by atoms with Gasteiger partial charge in [-0.3, -0.25) is 4.90 Å². The van der Waals surface area contributed by atoms with Gasteiger partial charge in [0.15, 0.2) is 17.5 Å². The second kappa shape index (κ2) is 8.53. The van der Waals surface area contributed by atoms with Crippen molar-refractivity contribution in [3.05, 3.63) is 51.0 Å². The van der Waals surface area contributed by atoms with Gasteiger partial charge in [-0.05, 0) is 53.3 Å². The average molecular weight is 477 g/mol. The van der Waals surface area contributed by atoms with Crippen molar-refractivity contribution in [2.75, 3.05) is 44.3 Å². The molecule has 0 saturated carbocycles. The van der Waals surface area contributed by atoms with Gasteiger partial charge in [0.2, 0.25) is 0 Å². The third kappa shape index (κ3) is 4.29. The number of halogens is 4. The second-order valence-electron chi connectivity index (χ2n) is 6.09. The van der Waals surface area contributed by atoms with E-state index in [1.165, 1.54) is 6.07 Å². The van der Waals surface area contributed by atoms with E-state index in [0.29, 0.717) is 32.1 Å². The quantitative estimate of drug-likeness (QED) is 0.483. The molecule has 0 spiro atoms. The number of aryl methyl sites for hydroxylation is 1. The van der Waals surface area contributed by atoms with Crippen molar-refractivity contribution in [2.45, 2.75) is 6.92 Å². The van der Waals surface area contributed by atoms with E-state index in [2.05, 4.69) is 32.5 Å². The van der Waals surface area contributed by atoms with E-state index < -0.39 is 17.5 Å². The fourth-order valence-electron chi connectivity index (χ4n) is 2.95. The minimum Gasteiger partial charge on any atom is -0.379 e. The molecule has 140 valence electrons. The SMILES string of the molecule is Cc1cc(I)cnc1N(CCN1CCOCC1)c1ccc(F)c(F)c1F. The topological polar surface area (TPSA) is 28.6 Å². The summed E-state index contributed by atoms with van der Waals surface area (Å²) in [6, 6.07) is 4.12. The Labute approximate surface area is 164 Å². The van der Waals surface area contributed by atoms with Crippen LogP contribution in [0.3, 0.4) is 0 Å². The summed E-state index contributed by atoms with van der Waals surface area (Å²) in [6.07, 6.45) is 1.67. The first-order valence-electron chi connectivity index (χ1n) is 8.30. The molecule has 26 heavy (non-hydrogen) atoms. The van der Waals surface area contributed by atoms with E-state index in [-0.39, 0.29) is 5.69 Å². The van der Waals surface area contributed by atoms with Gasteiger partial charge in [0.05, 0.1) is 18.9 Å².